The van der Waals surface area contributed by atoms with Crippen molar-refractivity contribution in [2.24, 2.45) is 0 Å². The zero-order chi connectivity index (χ0) is 21.3. The van der Waals surface area contributed by atoms with Gasteiger partial charge in [0.15, 0.2) is 0 Å². The van der Waals surface area contributed by atoms with Crippen molar-refractivity contribution < 1.29 is 13.7 Å². The standard InChI is InChI=1S/C22H25Cl2N2O2.ClH/c1-7-17-8-10-18(11-9-17)21(28)26(24,22(4,5)6)25(23)20(27)19-13-15(2)12-16(3)14-19;/h7-14H,1H2,2-6H3;1H/q+1;. The van der Waals surface area contributed by atoms with Crippen LogP contribution >= 0.6 is 36.0 Å². The summed E-state index contributed by atoms with van der Waals surface area (Å²) in [7, 11) is 0. The summed E-state index contributed by atoms with van der Waals surface area (Å²) in [6.45, 7) is 12.7. The van der Waals surface area contributed by atoms with Gasteiger partial charge in [0.1, 0.15) is 5.54 Å². The van der Waals surface area contributed by atoms with Crippen LogP contribution in [-0.2, 0) is 0 Å². The smallest absolute Gasteiger partial charge is 0.262 e. The number of nitrogens with zero attached hydrogens (tertiary/aromatic N) is 2. The molecule has 0 saturated heterocycles. The van der Waals surface area contributed by atoms with E-state index in [1.165, 1.54) is 0 Å². The molecule has 0 bridgehead atoms. The minimum atomic E-state index is -0.937. The van der Waals surface area contributed by atoms with Crippen molar-refractivity contribution in [3.8, 4) is 0 Å². The van der Waals surface area contributed by atoms with Crippen LogP contribution in [0.1, 0.15) is 58.2 Å². The summed E-state index contributed by atoms with van der Waals surface area (Å²) in [6.07, 6.45) is 1.68. The number of halogens is 3. The molecular formula is C22H26Cl3N2O2+. The quantitative estimate of drug-likeness (QED) is 0.391. The molecule has 7 heteroatoms. The lowest BCUT2D eigenvalue weighted by Gasteiger charge is -2.40. The third-order valence-electron chi connectivity index (χ3n) is 4.43. The van der Waals surface area contributed by atoms with Gasteiger partial charge in [0.25, 0.3) is 0 Å². The minimum absolute atomic E-state index is 0. The maximum atomic E-state index is 13.4. The summed E-state index contributed by atoms with van der Waals surface area (Å²) in [5, 5.41) is 0. The zero-order valence-corrected chi connectivity index (χ0v) is 19.5. The Balaban J connectivity index is 0.00000420. The molecule has 0 aliphatic rings. The molecule has 4 nitrogen and oxygen atoms in total. The molecule has 0 aliphatic carbocycles. The SMILES string of the molecule is C=Cc1ccc(C(=O)[N+](Cl)(N(Cl)C(=O)c2cc(C)cc(C)c2)C(C)(C)C)cc1.Cl. The summed E-state index contributed by atoms with van der Waals surface area (Å²) in [5.41, 5.74) is 2.52. The third-order valence-corrected chi connectivity index (χ3v) is 5.70. The second-order valence-corrected chi connectivity index (χ2v) is 8.61. The van der Waals surface area contributed by atoms with Gasteiger partial charge in [0, 0.05) is 5.56 Å². The zero-order valence-electron chi connectivity index (χ0n) is 17.2. The number of hydrogen-bond acceptors (Lipinski definition) is 2. The molecule has 0 spiro atoms. The molecule has 2 aromatic rings. The number of quaternary nitrogens is 1. The second kappa shape index (κ2) is 9.31. The van der Waals surface area contributed by atoms with Crippen LogP contribution < -0.4 is 0 Å². The Morgan fingerprint density at radius 1 is 1.00 bits per heavy atom. The maximum absolute atomic E-state index is 13.4. The third kappa shape index (κ3) is 5.01. The highest BCUT2D eigenvalue weighted by Crippen LogP contribution is 2.37. The van der Waals surface area contributed by atoms with Crippen LogP contribution in [0.4, 0.5) is 0 Å². The first kappa shape index (κ1) is 25.2. The van der Waals surface area contributed by atoms with Crippen LogP contribution in [0.5, 0.6) is 0 Å². The van der Waals surface area contributed by atoms with Gasteiger partial charge in [-0.15, -0.1) is 12.4 Å². The molecule has 0 fully saturated rings. The number of hydrogen-bond donors (Lipinski definition) is 0. The van der Waals surface area contributed by atoms with Crippen molar-refractivity contribution in [1.29, 1.82) is 0 Å². The van der Waals surface area contributed by atoms with E-state index in [0.717, 1.165) is 21.2 Å². The Labute approximate surface area is 188 Å². The second-order valence-electron chi connectivity index (χ2n) is 7.80. The van der Waals surface area contributed by atoms with Gasteiger partial charge in [-0.2, -0.15) is 0 Å². The molecule has 0 aliphatic heterocycles. The van der Waals surface area contributed by atoms with Gasteiger partial charge in [-0.05, 0) is 68.6 Å². The summed E-state index contributed by atoms with van der Waals surface area (Å²) in [4.78, 5) is 26.5. The summed E-state index contributed by atoms with van der Waals surface area (Å²) < 4.78 is -0.159. The highest BCUT2D eigenvalue weighted by molar-refractivity contribution is 6.26. The van der Waals surface area contributed by atoms with Gasteiger partial charge >= 0.3 is 11.8 Å². The molecule has 0 saturated carbocycles. The van der Waals surface area contributed by atoms with E-state index in [1.54, 1.807) is 63.2 Å². The molecule has 0 N–H and O–H groups in total. The van der Waals surface area contributed by atoms with E-state index >= 15 is 0 Å². The lowest BCUT2D eigenvalue weighted by Crippen LogP contribution is -2.64. The maximum Gasteiger partial charge on any atom is 0.390 e. The van der Waals surface area contributed by atoms with Crippen LogP contribution in [0.2, 0.25) is 0 Å². The first-order valence-corrected chi connectivity index (χ1v) is 9.54. The van der Waals surface area contributed by atoms with Crippen LogP contribution in [0.25, 0.3) is 6.08 Å². The molecule has 2 rings (SSSR count). The Bertz CT molecular complexity index is 900. The largest absolute Gasteiger partial charge is 0.390 e. The van der Waals surface area contributed by atoms with E-state index in [4.69, 9.17) is 23.6 Å². The summed E-state index contributed by atoms with van der Waals surface area (Å²) >= 11 is 13.2. The van der Waals surface area contributed by atoms with Crippen LogP contribution in [0.15, 0.2) is 49.0 Å². The number of aryl methyl sites for hydroxylation is 2. The number of carbonyl (C=O) groups is 2. The fraction of sp³-hybridized carbons (Fsp3) is 0.273. The molecule has 0 aromatic heterocycles. The van der Waals surface area contributed by atoms with Gasteiger partial charge in [0.2, 0.25) is 11.8 Å². The van der Waals surface area contributed by atoms with Crippen molar-refractivity contribution in [2.75, 3.05) is 0 Å². The molecule has 0 radical (unpaired) electrons. The fourth-order valence-electron chi connectivity index (χ4n) is 2.91. The average Bonchev–Trinajstić information content (AvgIpc) is 2.63. The van der Waals surface area contributed by atoms with Crippen LogP contribution in [0, 0.1) is 13.8 Å². The molecule has 2 aromatic carbocycles. The molecule has 29 heavy (non-hydrogen) atoms. The van der Waals surface area contributed by atoms with Crippen LogP contribution in [-0.4, -0.2) is 26.0 Å². The Morgan fingerprint density at radius 2 is 1.48 bits per heavy atom. The van der Waals surface area contributed by atoms with Gasteiger partial charge in [0.05, 0.1) is 17.3 Å². The lowest BCUT2D eigenvalue weighted by atomic mass is 10.0. The average molecular weight is 457 g/mol. The van der Waals surface area contributed by atoms with E-state index in [0.29, 0.717) is 11.1 Å². The monoisotopic (exact) mass is 455 g/mol. The van der Waals surface area contributed by atoms with Gasteiger partial charge in [-0.25, -0.2) is 4.79 Å². The van der Waals surface area contributed by atoms with Crippen molar-refractivity contribution >= 4 is 53.9 Å². The molecule has 2 amide bonds. The first-order chi connectivity index (χ1) is 12.9. The van der Waals surface area contributed by atoms with E-state index in [1.807, 2.05) is 19.9 Å². The van der Waals surface area contributed by atoms with Crippen molar-refractivity contribution in [3.63, 3.8) is 0 Å². The highest BCUT2D eigenvalue weighted by Gasteiger charge is 2.56. The fourth-order valence-corrected chi connectivity index (χ4v) is 3.47. The summed E-state index contributed by atoms with van der Waals surface area (Å²) in [5.74, 6) is -1.05. The van der Waals surface area contributed by atoms with E-state index in [2.05, 4.69) is 6.58 Å². The minimum Gasteiger partial charge on any atom is -0.262 e. The predicted molar refractivity (Wildman–Crippen MR) is 122 cm³/mol. The van der Waals surface area contributed by atoms with E-state index in [-0.39, 0.29) is 12.4 Å². The molecular weight excluding hydrogens is 431 g/mol. The Hall–Kier alpha value is -1.85. The highest BCUT2D eigenvalue weighted by atomic mass is 35.5. The van der Waals surface area contributed by atoms with E-state index in [9.17, 15) is 9.59 Å². The lowest BCUT2D eigenvalue weighted by molar-refractivity contribution is -0.871. The molecule has 1 unspecified atom stereocenters. The van der Waals surface area contributed by atoms with Gasteiger partial charge in [-0.1, -0.05) is 46.5 Å². The van der Waals surface area contributed by atoms with Crippen molar-refractivity contribution in [1.82, 2.24) is 4.53 Å². The van der Waals surface area contributed by atoms with E-state index < -0.39 is 21.5 Å². The van der Waals surface area contributed by atoms with Crippen molar-refractivity contribution in [3.05, 3.63) is 76.9 Å². The Morgan fingerprint density at radius 3 is 1.90 bits per heavy atom. The molecule has 156 valence electrons. The number of benzene rings is 2. The summed E-state index contributed by atoms with van der Waals surface area (Å²) in [6, 6.07) is 12.2. The predicted octanol–water partition coefficient (Wildman–Crippen LogP) is 6.49. The number of rotatable bonds is 3. The topological polar surface area (TPSA) is 37.4 Å². The van der Waals surface area contributed by atoms with Crippen LogP contribution in [0.3, 0.4) is 0 Å². The first-order valence-electron chi connectivity index (χ1n) is 8.87. The van der Waals surface area contributed by atoms with Gasteiger partial charge in [-0.3, -0.25) is 4.79 Å². The van der Waals surface area contributed by atoms with Crippen molar-refractivity contribution in [2.45, 2.75) is 40.2 Å². The molecule has 0 heterocycles. The van der Waals surface area contributed by atoms with Gasteiger partial charge < -0.3 is 0 Å². The number of carbonyl (C=O) groups excluding carboxylic acids is 2. The molecule has 1 atom stereocenters. The number of amides is 2. The Kier molecular flexibility index (Phi) is 8.09. The normalized spacial score (nSPS) is 13.1.